The van der Waals surface area contributed by atoms with Gasteiger partial charge in [-0.05, 0) is 153 Å². The van der Waals surface area contributed by atoms with Gasteiger partial charge in [0.2, 0.25) is 0 Å². The van der Waals surface area contributed by atoms with Gasteiger partial charge in [-0.25, -0.2) is 0 Å². The smallest absolute Gasteiger partial charge is 0.254 e. The SMILES string of the molecule is COc1cc(/C=C/C(=O)N(C(=O)/C=C/c2ccc(O)c(OC)c2)C(CCNCCCCNCCCN)(C(=O)/C=C/c2ccc(O)c(OC)c2)C(=O)/C=C/c2ccc(O)c(OC)c2)ccc1O. The Morgan fingerprint density at radius 2 is 0.833 bits per heavy atom. The first kappa shape index (κ1) is 51.2. The molecule has 4 rings (SSSR count). The number of phenolic OH excluding ortho intramolecular Hbond substituents is 4. The summed E-state index contributed by atoms with van der Waals surface area (Å²) in [5, 5.41) is 47.5. The predicted molar refractivity (Wildman–Crippen MR) is 253 cm³/mol. The molecule has 0 saturated heterocycles. The number of nitrogens with zero attached hydrogens (tertiary/aromatic N) is 1. The molecule has 0 aliphatic heterocycles. The summed E-state index contributed by atoms with van der Waals surface area (Å²) in [6.07, 6.45) is 11.6. The molecule has 0 unspecified atom stereocenters. The third kappa shape index (κ3) is 14.0. The Bertz CT molecular complexity index is 2280. The van der Waals surface area contributed by atoms with E-state index in [1.54, 1.807) is 0 Å². The number of rotatable bonds is 26. The molecule has 0 heterocycles. The van der Waals surface area contributed by atoms with Crippen LogP contribution in [0.2, 0.25) is 0 Å². The first-order valence-electron chi connectivity index (χ1n) is 21.1. The molecule has 0 atom stereocenters. The minimum Gasteiger partial charge on any atom is -0.504 e. The van der Waals surface area contributed by atoms with Crippen LogP contribution >= 0.6 is 0 Å². The van der Waals surface area contributed by atoms with Gasteiger partial charge >= 0.3 is 0 Å². The normalized spacial score (nSPS) is 11.7. The highest BCUT2D eigenvalue weighted by atomic mass is 16.5. The van der Waals surface area contributed by atoms with Crippen LogP contribution in [0, 0.1) is 0 Å². The molecule has 4 aromatic rings. The zero-order valence-electron chi connectivity index (χ0n) is 37.5. The van der Waals surface area contributed by atoms with Gasteiger partial charge in [-0.2, -0.15) is 0 Å². The van der Waals surface area contributed by atoms with E-state index >= 15 is 9.59 Å². The summed E-state index contributed by atoms with van der Waals surface area (Å²) < 4.78 is 21.0. The van der Waals surface area contributed by atoms with E-state index in [1.807, 2.05) is 0 Å². The molecule has 2 amide bonds. The van der Waals surface area contributed by atoms with Crippen molar-refractivity contribution in [2.75, 3.05) is 61.2 Å². The zero-order chi connectivity index (χ0) is 48.1. The Kier molecular flexibility index (Phi) is 20.0. The molecule has 0 radical (unpaired) electrons. The molecule has 0 saturated carbocycles. The average Bonchev–Trinajstić information content (AvgIpc) is 3.32. The summed E-state index contributed by atoms with van der Waals surface area (Å²) in [4.78, 5) is 60.7. The van der Waals surface area contributed by atoms with Crippen molar-refractivity contribution < 1.29 is 58.6 Å². The second kappa shape index (κ2) is 25.8. The quantitative estimate of drug-likeness (QED) is 0.0230. The highest BCUT2D eigenvalue weighted by molar-refractivity contribution is 6.27. The molecule has 350 valence electrons. The second-order valence-corrected chi connectivity index (χ2v) is 14.8. The van der Waals surface area contributed by atoms with Gasteiger partial charge in [-0.3, -0.25) is 24.1 Å². The largest absolute Gasteiger partial charge is 0.504 e. The molecule has 0 aliphatic carbocycles. The van der Waals surface area contributed by atoms with Gasteiger partial charge in [-0.1, -0.05) is 36.4 Å². The van der Waals surface area contributed by atoms with E-state index in [1.165, 1.54) is 126 Å². The van der Waals surface area contributed by atoms with Crippen LogP contribution in [0.4, 0.5) is 0 Å². The summed E-state index contributed by atoms with van der Waals surface area (Å²) in [5.74, 6) is -4.19. The number of ether oxygens (including phenoxy) is 4. The van der Waals surface area contributed by atoms with Crippen LogP contribution in [-0.4, -0.2) is 115 Å². The van der Waals surface area contributed by atoms with Gasteiger partial charge in [0, 0.05) is 12.2 Å². The molecule has 0 bridgehead atoms. The third-order valence-corrected chi connectivity index (χ3v) is 10.3. The number of unbranched alkanes of at least 4 members (excludes halogenated alkanes) is 1. The molecular formula is C50H58N4O12. The minimum atomic E-state index is -2.56. The maximum absolute atomic E-state index is 15.2. The number of phenols is 4. The molecule has 0 fully saturated rings. The summed E-state index contributed by atoms with van der Waals surface area (Å²) in [7, 11) is 5.43. The first-order valence-corrected chi connectivity index (χ1v) is 21.1. The van der Waals surface area contributed by atoms with Gasteiger partial charge in [0.15, 0.2) is 63.1 Å². The van der Waals surface area contributed by atoms with Crippen molar-refractivity contribution in [3.05, 3.63) is 119 Å². The molecule has 16 heteroatoms. The number of ketones is 2. The Morgan fingerprint density at radius 3 is 1.17 bits per heavy atom. The van der Waals surface area contributed by atoms with Crippen LogP contribution in [0.25, 0.3) is 24.3 Å². The van der Waals surface area contributed by atoms with Gasteiger partial charge in [-0.15, -0.1) is 0 Å². The number of imide groups is 1. The predicted octanol–water partition coefficient (Wildman–Crippen LogP) is 5.63. The lowest BCUT2D eigenvalue weighted by molar-refractivity contribution is -0.156. The number of amides is 2. The number of aromatic hydroxyl groups is 4. The maximum Gasteiger partial charge on any atom is 0.254 e. The molecule has 66 heavy (non-hydrogen) atoms. The number of hydrogen-bond donors (Lipinski definition) is 7. The highest BCUT2D eigenvalue weighted by Crippen LogP contribution is 2.32. The molecule has 16 nitrogen and oxygen atoms in total. The second-order valence-electron chi connectivity index (χ2n) is 14.8. The van der Waals surface area contributed by atoms with Crippen molar-refractivity contribution in [2.45, 2.75) is 31.2 Å². The Hall–Kier alpha value is -7.40. The topological polar surface area (TPSA) is 239 Å². The fraction of sp³-hybridized carbons (Fsp3) is 0.280. The molecule has 8 N–H and O–H groups in total. The number of nitrogens with one attached hydrogen (secondary N) is 2. The molecular weight excluding hydrogens is 849 g/mol. The summed E-state index contributed by atoms with van der Waals surface area (Å²) in [6, 6.07) is 17.3. The van der Waals surface area contributed by atoms with Crippen LogP contribution in [0.15, 0.2) is 97.1 Å². The molecule has 0 aromatic heterocycles. The van der Waals surface area contributed by atoms with Crippen LogP contribution < -0.4 is 35.3 Å². The van der Waals surface area contributed by atoms with Crippen LogP contribution in [0.5, 0.6) is 46.0 Å². The lowest BCUT2D eigenvalue weighted by atomic mass is 9.81. The van der Waals surface area contributed by atoms with Gasteiger partial charge in [0.25, 0.3) is 11.8 Å². The van der Waals surface area contributed by atoms with E-state index in [9.17, 15) is 30.0 Å². The third-order valence-electron chi connectivity index (χ3n) is 10.3. The van der Waals surface area contributed by atoms with Crippen molar-refractivity contribution in [3.63, 3.8) is 0 Å². The summed E-state index contributed by atoms with van der Waals surface area (Å²) in [5.41, 5.74) is 4.56. The van der Waals surface area contributed by atoms with Crippen molar-refractivity contribution in [1.82, 2.24) is 15.5 Å². The zero-order valence-corrected chi connectivity index (χ0v) is 37.5. The Labute approximate surface area is 384 Å². The fourth-order valence-corrected chi connectivity index (χ4v) is 6.73. The van der Waals surface area contributed by atoms with Crippen LogP contribution in [0.3, 0.4) is 0 Å². The molecule has 0 aliphatic rings. The van der Waals surface area contributed by atoms with E-state index < -0.39 is 35.3 Å². The fourth-order valence-electron chi connectivity index (χ4n) is 6.73. The van der Waals surface area contributed by atoms with Crippen LogP contribution in [0.1, 0.15) is 47.9 Å². The van der Waals surface area contributed by atoms with Crippen LogP contribution in [-0.2, 0) is 19.2 Å². The van der Waals surface area contributed by atoms with Crippen molar-refractivity contribution in [2.24, 2.45) is 5.73 Å². The number of methoxy groups -OCH3 is 4. The number of nitrogens with two attached hydrogens (primary N) is 1. The maximum atomic E-state index is 15.2. The van der Waals surface area contributed by atoms with Gasteiger partial charge < -0.3 is 55.7 Å². The van der Waals surface area contributed by atoms with Gasteiger partial charge in [0.1, 0.15) is 0 Å². The Morgan fingerprint density at radius 1 is 0.515 bits per heavy atom. The van der Waals surface area contributed by atoms with Gasteiger partial charge in [0.05, 0.1) is 28.4 Å². The monoisotopic (exact) mass is 906 g/mol. The lowest BCUT2D eigenvalue weighted by Crippen LogP contribution is -2.63. The van der Waals surface area contributed by atoms with Crippen molar-refractivity contribution in [3.8, 4) is 46.0 Å². The van der Waals surface area contributed by atoms with E-state index in [-0.39, 0.29) is 52.5 Å². The number of carbonyl (C=O) groups is 4. The van der Waals surface area contributed by atoms with Crippen molar-refractivity contribution in [1.29, 1.82) is 0 Å². The molecule has 4 aromatic carbocycles. The number of carbonyl (C=O) groups excluding carboxylic acids is 4. The van der Waals surface area contributed by atoms with Crippen molar-refractivity contribution >= 4 is 47.7 Å². The first-order chi connectivity index (χ1) is 31.8. The lowest BCUT2D eigenvalue weighted by Gasteiger charge is -2.38. The highest BCUT2D eigenvalue weighted by Gasteiger charge is 2.52. The van der Waals surface area contributed by atoms with E-state index in [0.717, 1.165) is 56.7 Å². The molecule has 0 spiro atoms. The number of benzene rings is 4. The number of hydrogen-bond acceptors (Lipinski definition) is 15. The van der Waals surface area contributed by atoms with E-state index in [2.05, 4.69) is 10.6 Å². The standard InChI is InChI=1S/C50H58N4O12/c1-63-42-30-34(8-16-38(42)55)12-20-46(59)50(24-29-53-27-6-5-26-52-28-7-25-51,47(60)21-13-35-9-17-39(56)43(31-35)64-2)54(48(61)22-14-36-10-18-40(57)44(32-36)65-3)49(62)23-15-37-11-19-41(58)45(33-37)66-4/h8-23,30-33,52-53,55-58H,5-7,24-29,51H2,1-4H3/b20-12+,21-13+,22-14+,23-15+. The van der Waals surface area contributed by atoms with E-state index in [0.29, 0.717) is 40.2 Å². The minimum absolute atomic E-state index is 0.0192. The van der Waals surface area contributed by atoms with E-state index in [4.69, 9.17) is 24.7 Å². The average molecular weight is 907 g/mol. The summed E-state index contributed by atoms with van der Waals surface area (Å²) in [6.45, 7) is 2.56. The summed E-state index contributed by atoms with van der Waals surface area (Å²) >= 11 is 0. The Balaban J connectivity index is 1.94.